The summed E-state index contributed by atoms with van der Waals surface area (Å²) in [5, 5.41) is 20.5. The first-order valence-electron chi connectivity index (χ1n) is 22.0. The summed E-state index contributed by atoms with van der Waals surface area (Å²) in [6.45, 7) is 11.2. The standard InChI is InChI=1S/C40H66N16O5.ClH/c1-3-5-10-34-31-56(50-48-34)35(12-7-9-14-42)37(58)52-18-22-54(23-19-52)40-45-38(43-15-25-60-27-29-61-28-26-59-24-4-2)44-39(46-40)53-20-16-51(17-21-53)36(57)32-55-30-33(47-49-55)11-6-8-13-41;/h2,30-31,35H,3,5-29,32,41-42H2,1H3,(H,43,44,45,46);1H/p+1/t35-;/m0./s1. The SMILES string of the molecule is C#CCOCCOCCOCCNc1nc(N2CCN(C(=O)Cn3cc(CCCC[NH3+])nn3)CC2)nc(N2CCN(C(=O)[C@H](CCCC[NH3+])n3cc(CCCC)nn3)CC2)n1.[Cl-]. The van der Waals surface area contributed by atoms with Gasteiger partial charge in [0.2, 0.25) is 29.7 Å². The molecule has 2 fully saturated rings. The topological polar surface area (TPSA) is 242 Å². The molecule has 0 spiro atoms. The number of halogens is 1. The van der Waals surface area contributed by atoms with Crippen LogP contribution in [0.4, 0.5) is 17.8 Å². The Morgan fingerprint density at radius 1 is 0.758 bits per heavy atom. The van der Waals surface area contributed by atoms with E-state index in [9.17, 15) is 9.59 Å². The molecule has 2 aliphatic heterocycles. The molecule has 0 aliphatic carbocycles. The number of anilines is 3. The lowest BCUT2D eigenvalue weighted by Crippen LogP contribution is -3.00. The van der Waals surface area contributed by atoms with Crippen molar-refractivity contribution in [2.75, 3.05) is 127 Å². The van der Waals surface area contributed by atoms with E-state index in [-0.39, 0.29) is 37.4 Å². The number of rotatable bonds is 28. The Balaban J connectivity index is 0.00000845. The second-order valence-electron chi connectivity index (χ2n) is 15.2. The van der Waals surface area contributed by atoms with Gasteiger partial charge < -0.3 is 63.0 Å². The molecule has 2 amide bonds. The number of unbranched alkanes of at least 4 members (excludes halogenated alkanes) is 3. The van der Waals surface area contributed by atoms with Gasteiger partial charge in [-0.15, -0.1) is 16.6 Å². The van der Waals surface area contributed by atoms with Gasteiger partial charge in [-0.25, -0.2) is 9.36 Å². The molecular weight excluding hydrogens is 820 g/mol. The van der Waals surface area contributed by atoms with Crippen LogP contribution in [0.15, 0.2) is 12.4 Å². The molecule has 21 nitrogen and oxygen atoms in total. The smallest absolute Gasteiger partial charge is 0.247 e. The van der Waals surface area contributed by atoms with Crippen LogP contribution >= 0.6 is 0 Å². The third kappa shape index (κ3) is 16.2. The number of hydrogen-bond donors (Lipinski definition) is 3. The summed E-state index contributed by atoms with van der Waals surface area (Å²) < 4.78 is 19.9. The van der Waals surface area contributed by atoms with E-state index in [2.05, 4.69) is 60.1 Å². The Kier molecular flexibility index (Phi) is 22.6. The van der Waals surface area contributed by atoms with Crippen molar-refractivity contribution in [1.29, 1.82) is 0 Å². The normalized spacial score (nSPS) is 14.7. The third-order valence-electron chi connectivity index (χ3n) is 10.6. The number of quaternary nitrogens is 2. The van der Waals surface area contributed by atoms with Gasteiger partial charge in [0, 0.05) is 71.3 Å². The lowest BCUT2D eigenvalue weighted by atomic mass is 10.1. The second-order valence-corrected chi connectivity index (χ2v) is 15.2. The van der Waals surface area contributed by atoms with E-state index < -0.39 is 6.04 Å². The van der Waals surface area contributed by atoms with E-state index in [4.69, 9.17) is 35.6 Å². The van der Waals surface area contributed by atoms with Crippen molar-refractivity contribution < 1.29 is 47.7 Å². The number of nitrogens with zero attached hydrogens (tertiary/aromatic N) is 13. The van der Waals surface area contributed by atoms with Crippen molar-refractivity contribution in [1.82, 2.24) is 54.7 Å². The van der Waals surface area contributed by atoms with Gasteiger partial charge in [-0.05, 0) is 51.4 Å². The van der Waals surface area contributed by atoms with Crippen LogP contribution in [-0.4, -0.2) is 178 Å². The molecule has 62 heavy (non-hydrogen) atoms. The zero-order chi connectivity index (χ0) is 43.1. The van der Waals surface area contributed by atoms with E-state index in [1.54, 1.807) is 9.36 Å². The number of aryl methyl sites for hydroxylation is 2. The summed E-state index contributed by atoms with van der Waals surface area (Å²) in [6, 6.07) is -0.407. The predicted molar refractivity (Wildman–Crippen MR) is 227 cm³/mol. The highest BCUT2D eigenvalue weighted by atomic mass is 35.5. The lowest BCUT2D eigenvalue weighted by Gasteiger charge is -2.37. The van der Waals surface area contributed by atoms with Gasteiger partial charge in [0.05, 0.1) is 57.5 Å². The molecule has 3 aromatic heterocycles. The maximum Gasteiger partial charge on any atom is 0.247 e. The van der Waals surface area contributed by atoms with Gasteiger partial charge in [-0.1, -0.05) is 29.7 Å². The predicted octanol–water partition coefficient (Wildman–Crippen LogP) is -4.29. The Bertz CT molecular complexity index is 1780. The van der Waals surface area contributed by atoms with Crippen LogP contribution in [0.25, 0.3) is 0 Å². The molecular formula is C40H68ClN16O5+. The van der Waals surface area contributed by atoms with Crippen LogP contribution in [0.2, 0.25) is 0 Å². The fourth-order valence-electron chi connectivity index (χ4n) is 7.09. The van der Waals surface area contributed by atoms with Gasteiger partial charge in [-0.3, -0.25) is 9.59 Å². The number of terminal acetylenes is 1. The third-order valence-corrected chi connectivity index (χ3v) is 10.6. The van der Waals surface area contributed by atoms with E-state index in [0.717, 1.165) is 75.8 Å². The first-order valence-corrected chi connectivity index (χ1v) is 22.0. The monoisotopic (exact) mass is 888 g/mol. The molecule has 2 aliphatic rings. The highest BCUT2D eigenvalue weighted by Gasteiger charge is 2.31. The van der Waals surface area contributed by atoms with Crippen LogP contribution in [0, 0.1) is 12.3 Å². The Hall–Kier alpha value is -4.72. The average molecular weight is 889 g/mol. The minimum Gasteiger partial charge on any atom is -1.00 e. The Labute approximate surface area is 371 Å². The van der Waals surface area contributed by atoms with Crippen molar-refractivity contribution in [2.45, 2.75) is 77.3 Å². The van der Waals surface area contributed by atoms with Gasteiger partial charge in [0.1, 0.15) is 19.2 Å². The maximum absolute atomic E-state index is 14.1. The summed E-state index contributed by atoms with van der Waals surface area (Å²) in [5.41, 5.74) is 9.69. The molecule has 1 atom stereocenters. The van der Waals surface area contributed by atoms with Crippen molar-refractivity contribution in [3.63, 3.8) is 0 Å². The molecule has 0 saturated carbocycles. The number of carbonyl (C=O) groups excluding carboxylic acids is 2. The Morgan fingerprint density at radius 2 is 1.35 bits per heavy atom. The quantitative estimate of drug-likeness (QED) is 0.0462. The van der Waals surface area contributed by atoms with Gasteiger partial charge >= 0.3 is 0 Å². The number of amides is 2. The van der Waals surface area contributed by atoms with E-state index in [1.807, 2.05) is 22.2 Å². The number of hydrogen-bond acceptors (Lipinski definition) is 15. The summed E-state index contributed by atoms with van der Waals surface area (Å²) in [6.07, 6.45) is 17.3. The highest BCUT2D eigenvalue weighted by Crippen LogP contribution is 2.23. The first kappa shape index (κ1) is 49.9. The summed E-state index contributed by atoms with van der Waals surface area (Å²) in [4.78, 5) is 49.8. The zero-order valence-corrected chi connectivity index (χ0v) is 37.3. The fourth-order valence-corrected chi connectivity index (χ4v) is 7.09. The molecule has 0 radical (unpaired) electrons. The number of aromatic nitrogens is 9. The van der Waals surface area contributed by atoms with Crippen molar-refractivity contribution in [3.05, 3.63) is 23.8 Å². The van der Waals surface area contributed by atoms with Crippen molar-refractivity contribution in [2.24, 2.45) is 0 Å². The second kappa shape index (κ2) is 28.1. The van der Waals surface area contributed by atoms with Crippen LogP contribution in [0.1, 0.15) is 69.3 Å². The molecule has 5 rings (SSSR count). The van der Waals surface area contributed by atoms with E-state index >= 15 is 0 Å². The van der Waals surface area contributed by atoms with Crippen LogP contribution in [0.5, 0.6) is 0 Å². The summed E-state index contributed by atoms with van der Waals surface area (Å²) in [7, 11) is 0. The Morgan fingerprint density at radius 3 is 2.02 bits per heavy atom. The molecule has 344 valence electrons. The fraction of sp³-hybridized carbons (Fsp3) is 0.725. The zero-order valence-electron chi connectivity index (χ0n) is 36.5. The first-order chi connectivity index (χ1) is 29.9. The van der Waals surface area contributed by atoms with Gasteiger partial charge in [0.25, 0.3) is 0 Å². The van der Waals surface area contributed by atoms with Crippen LogP contribution in [0.3, 0.4) is 0 Å². The minimum atomic E-state index is -0.407. The van der Waals surface area contributed by atoms with Crippen molar-refractivity contribution >= 4 is 29.7 Å². The highest BCUT2D eigenvalue weighted by molar-refractivity contribution is 5.80. The summed E-state index contributed by atoms with van der Waals surface area (Å²) >= 11 is 0. The number of ether oxygens (including phenoxy) is 3. The van der Waals surface area contributed by atoms with Crippen LogP contribution in [-0.2, 0) is 43.2 Å². The van der Waals surface area contributed by atoms with Gasteiger partial charge in [0.15, 0.2) is 0 Å². The minimum absolute atomic E-state index is 0. The van der Waals surface area contributed by atoms with Crippen molar-refractivity contribution in [3.8, 4) is 12.3 Å². The average Bonchev–Trinajstić information content (AvgIpc) is 3.95. The maximum atomic E-state index is 14.1. The number of piperazine rings is 2. The molecule has 2 saturated heterocycles. The number of carbonyl (C=O) groups is 2. The molecule has 3 aromatic rings. The molecule has 5 heterocycles. The van der Waals surface area contributed by atoms with Gasteiger partial charge in [-0.2, -0.15) is 15.0 Å². The van der Waals surface area contributed by atoms with E-state index in [1.165, 1.54) is 0 Å². The molecule has 0 unspecified atom stereocenters. The van der Waals surface area contributed by atoms with E-state index in [0.29, 0.717) is 116 Å². The molecule has 0 bridgehead atoms. The lowest BCUT2D eigenvalue weighted by molar-refractivity contribution is -0.368. The largest absolute Gasteiger partial charge is 1.00 e. The molecule has 7 N–H and O–H groups in total. The molecule has 22 heteroatoms. The summed E-state index contributed by atoms with van der Waals surface area (Å²) in [5.74, 6) is 3.96. The van der Waals surface area contributed by atoms with Crippen LogP contribution < -0.4 is 39.0 Å². The molecule has 0 aromatic carbocycles. The number of nitrogens with one attached hydrogen (secondary N) is 1.